The van der Waals surface area contributed by atoms with E-state index in [0.29, 0.717) is 24.8 Å². The van der Waals surface area contributed by atoms with Gasteiger partial charge in [0.15, 0.2) is 0 Å². The Hall–Kier alpha value is -1.94. The smallest absolute Gasteiger partial charge is 0.272 e. The minimum Gasteiger partial charge on any atom is -0.333 e. The molecular weight excluding hydrogens is 250 g/mol. The van der Waals surface area contributed by atoms with Gasteiger partial charge in [-0.1, -0.05) is 24.3 Å². The van der Waals surface area contributed by atoms with Crippen molar-refractivity contribution in [3.05, 3.63) is 42.1 Å². The van der Waals surface area contributed by atoms with E-state index in [1.165, 1.54) is 6.42 Å². The number of carbonyl (C=O) groups is 1. The molecule has 4 heteroatoms. The van der Waals surface area contributed by atoms with Gasteiger partial charge in [-0.05, 0) is 31.4 Å². The van der Waals surface area contributed by atoms with Crippen molar-refractivity contribution in [1.82, 2.24) is 9.88 Å². The summed E-state index contributed by atoms with van der Waals surface area (Å²) >= 11 is 0. The topological polar surface area (TPSA) is 59.2 Å². The van der Waals surface area contributed by atoms with Crippen LogP contribution >= 0.6 is 0 Å². The molecule has 0 aliphatic heterocycles. The number of rotatable bonds is 4. The van der Waals surface area contributed by atoms with E-state index in [1.54, 1.807) is 0 Å². The fourth-order valence-electron chi connectivity index (χ4n) is 2.62. The summed E-state index contributed by atoms with van der Waals surface area (Å²) in [5.41, 5.74) is 7.02. The SMILES string of the molecule is NCCN(C(=O)c1ccc2ccccc2n1)C1CCC1. The molecule has 1 amide bonds. The summed E-state index contributed by atoms with van der Waals surface area (Å²) in [6, 6.07) is 12.0. The molecule has 1 aromatic heterocycles. The lowest BCUT2D eigenvalue weighted by molar-refractivity contribution is 0.0583. The third-order valence-corrected chi connectivity index (χ3v) is 3.96. The molecule has 1 aromatic carbocycles. The molecule has 20 heavy (non-hydrogen) atoms. The Kier molecular flexibility index (Phi) is 3.65. The minimum absolute atomic E-state index is 0.00547. The Morgan fingerprint density at radius 3 is 2.75 bits per heavy atom. The molecule has 1 saturated carbocycles. The molecule has 2 aromatic rings. The molecule has 104 valence electrons. The number of hydrogen-bond donors (Lipinski definition) is 1. The van der Waals surface area contributed by atoms with Crippen LogP contribution in [0.3, 0.4) is 0 Å². The lowest BCUT2D eigenvalue weighted by Crippen LogP contribution is -2.46. The molecule has 4 nitrogen and oxygen atoms in total. The maximum atomic E-state index is 12.6. The van der Waals surface area contributed by atoms with Gasteiger partial charge in [-0.3, -0.25) is 4.79 Å². The van der Waals surface area contributed by atoms with Crippen molar-refractivity contribution >= 4 is 16.8 Å². The largest absolute Gasteiger partial charge is 0.333 e. The molecule has 1 aliphatic rings. The van der Waals surface area contributed by atoms with Crippen LogP contribution in [0.4, 0.5) is 0 Å². The van der Waals surface area contributed by atoms with Crippen LogP contribution in [0.1, 0.15) is 29.8 Å². The summed E-state index contributed by atoms with van der Waals surface area (Å²) in [7, 11) is 0. The monoisotopic (exact) mass is 269 g/mol. The second kappa shape index (κ2) is 5.59. The molecule has 0 radical (unpaired) electrons. The highest BCUT2D eigenvalue weighted by Gasteiger charge is 2.29. The molecule has 0 unspecified atom stereocenters. The lowest BCUT2D eigenvalue weighted by atomic mass is 9.91. The van der Waals surface area contributed by atoms with E-state index < -0.39 is 0 Å². The first kappa shape index (κ1) is 13.1. The van der Waals surface area contributed by atoms with Crippen molar-refractivity contribution in [1.29, 1.82) is 0 Å². The maximum absolute atomic E-state index is 12.6. The van der Waals surface area contributed by atoms with Gasteiger partial charge in [0, 0.05) is 24.5 Å². The van der Waals surface area contributed by atoms with E-state index in [2.05, 4.69) is 4.98 Å². The van der Waals surface area contributed by atoms with Gasteiger partial charge in [0.2, 0.25) is 0 Å². The molecule has 3 rings (SSSR count). The Balaban J connectivity index is 1.89. The zero-order chi connectivity index (χ0) is 13.9. The van der Waals surface area contributed by atoms with Crippen LogP contribution in [0, 0.1) is 0 Å². The number of carbonyl (C=O) groups excluding carboxylic acids is 1. The van der Waals surface area contributed by atoms with Gasteiger partial charge in [0.05, 0.1) is 5.52 Å². The zero-order valence-electron chi connectivity index (χ0n) is 11.5. The average molecular weight is 269 g/mol. The number of benzene rings is 1. The summed E-state index contributed by atoms with van der Waals surface area (Å²) in [4.78, 5) is 19.0. The number of para-hydroxylation sites is 1. The summed E-state index contributed by atoms with van der Waals surface area (Å²) in [6.07, 6.45) is 3.36. The predicted octanol–water partition coefficient (Wildman–Crippen LogP) is 2.19. The van der Waals surface area contributed by atoms with Crippen molar-refractivity contribution in [2.24, 2.45) is 5.73 Å². The number of nitrogens with two attached hydrogens (primary N) is 1. The molecule has 1 heterocycles. The van der Waals surface area contributed by atoms with Gasteiger partial charge in [-0.15, -0.1) is 0 Å². The molecule has 0 atom stereocenters. The summed E-state index contributed by atoms with van der Waals surface area (Å²) in [6.45, 7) is 1.10. The summed E-state index contributed by atoms with van der Waals surface area (Å²) in [5.74, 6) is 0.00547. The van der Waals surface area contributed by atoms with Crippen molar-refractivity contribution < 1.29 is 4.79 Å². The Bertz CT molecular complexity index is 622. The number of fused-ring (bicyclic) bond motifs is 1. The Labute approximate surface area is 118 Å². The van der Waals surface area contributed by atoms with Gasteiger partial charge < -0.3 is 10.6 Å². The molecule has 1 fully saturated rings. The van der Waals surface area contributed by atoms with E-state index in [1.807, 2.05) is 41.3 Å². The van der Waals surface area contributed by atoms with Crippen LogP contribution < -0.4 is 5.73 Å². The van der Waals surface area contributed by atoms with Gasteiger partial charge in [0.1, 0.15) is 5.69 Å². The van der Waals surface area contributed by atoms with E-state index >= 15 is 0 Å². The molecule has 2 N–H and O–H groups in total. The van der Waals surface area contributed by atoms with E-state index in [-0.39, 0.29) is 5.91 Å². The van der Waals surface area contributed by atoms with Crippen molar-refractivity contribution in [3.63, 3.8) is 0 Å². The highest BCUT2D eigenvalue weighted by molar-refractivity contribution is 5.95. The van der Waals surface area contributed by atoms with Crippen molar-refractivity contribution in [3.8, 4) is 0 Å². The predicted molar refractivity (Wildman–Crippen MR) is 79.5 cm³/mol. The normalized spacial score (nSPS) is 15.1. The van der Waals surface area contributed by atoms with Crippen LogP contribution in [0.15, 0.2) is 36.4 Å². The van der Waals surface area contributed by atoms with Crippen LogP contribution in [-0.4, -0.2) is 34.9 Å². The fourth-order valence-corrected chi connectivity index (χ4v) is 2.62. The van der Waals surface area contributed by atoms with Gasteiger partial charge in [-0.2, -0.15) is 0 Å². The van der Waals surface area contributed by atoms with Gasteiger partial charge in [-0.25, -0.2) is 4.98 Å². The molecule has 0 spiro atoms. The van der Waals surface area contributed by atoms with Crippen molar-refractivity contribution in [2.45, 2.75) is 25.3 Å². The van der Waals surface area contributed by atoms with Crippen molar-refractivity contribution in [2.75, 3.05) is 13.1 Å². The molecular formula is C16H19N3O. The average Bonchev–Trinajstić information content (AvgIpc) is 2.43. The van der Waals surface area contributed by atoms with E-state index in [0.717, 1.165) is 23.7 Å². The minimum atomic E-state index is 0.00547. The van der Waals surface area contributed by atoms with Crippen LogP contribution in [0.2, 0.25) is 0 Å². The van der Waals surface area contributed by atoms with Crippen LogP contribution in [-0.2, 0) is 0 Å². The van der Waals surface area contributed by atoms with Crippen LogP contribution in [0.25, 0.3) is 10.9 Å². The Morgan fingerprint density at radius 1 is 1.25 bits per heavy atom. The highest BCUT2D eigenvalue weighted by Crippen LogP contribution is 2.26. The first-order valence-electron chi connectivity index (χ1n) is 7.16. The number of pyridine rings is 1. The van der Waals surface area contributed by atoms with Crippen LogP contribution in [0.5, 0.6) is 0 Å². The van der Waals surface area contributed by atoms with Gasteiger partial charge in [0.25, 0.3) is 5.91 Å². The first-order chi connectivity index (χ1) is 9.79. The number of nitrogens with zero attached hydrogens (tertiary/aromatic N) is 2. The second-order valence-corrected chi connectivity index (χ2v) is 5.26. The summed E-state index contributed by atoms with van der Waals surface area (Å²) in [5, 5.41) is 1.05. The van der Waals surface area contributed by atoms with Gasteiger partial charge >= 0.3 is 0 Å². The standard InChI is InChI=1S/C16H19N3O/c17-10-11-19(13-5-3-6-13)16(20)15-9-8-12-4-1-2-7-14(12)18-15/h1-2,4,7-9,13H,3,5-6,10-11,17H2. The molecule has 0 bridgehead atoms. The third-order valence-electron chi connectivity index (χ3n) is 3.96. The molecule has 1 aliphatic carbocycles. The number of aromatic nitrogens is 1. The number of amides is 1. The maximum Gasteiger partial charge on any atom is 0.272 e. The second-order valence-electron chi connectivity index (χ2n) is 5.26. The Morgan fingerprint density at radius 2 is 2.05 bits per heavy atom. The highest BCUT2D eigenvalue weighted by atomic mass is 16.2. The summed E-state index contributed by atoms with van der Waals surface area (Å²) < 4.78 is 0. The zero-order valence-corrected chi connectivity index (χ0v) is 11.5. The van der Waals surface area contributed by atoms with E-state index in [4.69, 9.17) is 5.73 Å². The third kappa shape index (κ3) is 2.39. The van der Waals surface area contributed by atoms with E-state index in [9.17, 15) is 4.79 Å². The lowest BCUT2D eigenvalue weighted by Gasteiger charge is -2.37. The quantitative estimate of drug-likeness (QED) is 0.925. The first-order valence-corrected chi connectivity index (χ1v) is 7.16. The fraction of sp³-hybridized carbons (Fsp3) is 0.375. The number of hydrogen-bond acceptors (Lipinski definition) is 3. The molecule has 0 saturated heterocycles.